The number of hydrogen-bond acceptors (Lipinski definition) is 3. The maximum atomic E-state index is 9.04. The summed E-state index contributed by atoms with van der Waals surface area (Å²) in [6.07, 6.45) is 1.78. The van der Waals surface area contributed by atoms with Crippen molar-refractivity contribution in [3.05, 3.63) is 17.7 Å². The van der Waals surface area contributed by atoms with Crippen LogP contribution in [0.15, 0.2) is 6.33 Å². The van der Waals surface area contributed by atoms with Crippen LogP contribution in [-0.2, 0) is 20.1 Å². The molecular formula is C6H9N3O. The van der Waals surface area contributed by atoms with Crippen LogP contribution in [0.2, 0.25) is 0 Å². The van der Waals surface area contributed by atoms with Gasteiger partial charge >= 0.3 is 0 Å². The molecular weight excluding hydrogens is 130 g/mol. The molecule has 0 radical (unpaired) electrons. The summed E-state index contributed by atoms with van der Waals surface area (Å²) in [6.45, 7) is 1.17. The molecule has 1 aromatic heterocycles. The number of hydroxylamine groups is 2. The number of nitrogens with zero attached hydrogens (tertiary/aromatic N) is 3. The second-order valence-electron chi connectivity index (χ2n) is 2.57. The summed E-state index contributed by atoms with van der Waals surface area (Å²) in [6, 6.07) is 0. The van der Waals surface area contributed by atoms with Gasteiger partial charge in [0.15, 0.2) is 0 Å². The SMILES string of the molecule is Cn1cnc2c1CN(O)C2. The lowest BCUT2D eigenvalue weighted by Crippen LogP contribution is -2.11. The Morgan fingerprint density at radius 3 is 3.10 bits per heavy atom. The Morgan fingerprint density at radius 1 is 1.60 bits per heavy atom. The van der Waals surface area contributed by atoms with Crippen LogP contribution in [0.1, 0.15) is 11.4 Å². The van der Waals surface area contributed by atoms with Crippen LogP contribution >= 0.6 is 0 Å². The largest absolute Gasteiger partial charge is 0.336 e. The fourth-order valence-corrected chi connectivity index (χ4v) is 1.24. The van der Waals surface area contributed by atoms with Crippen molar-refractivity contribution in [3.63, 3.8) is 0 Å². The summed E-state index contributed by atoms with van der Waals surface area (Å²) in [5.74, 6) is 0. The van der Waals surface area contributed by atoms with Crippen LogP contribution < -0.4 is 0 Å². The van der Waals surface area contributed by atoms with Crippen molar-refractivity contribution in [1.82, 2.24) is 14.6 Å². The second kappa shape index (κ2) is 1.81. The van der Waals surface area contributed by atoms with Gasteiger partial charge in [-0.25, -0.2) is 4.98 Å². The normalized spacial score (nSPS) is 17.8. The summed E-state index contributed by atoms with van der Waals surface area (Å²) >= 11 is 0. The molecule has 0 saturated heterocycles. The van der Waals surface area contributed by atoms with Gasteiger partial charge in [0.1, 0.15) is 0 Å². The lowest BCUT2D eigenvalue weighted by molar-refractivity contribution is -0.0985. The van der Waals surface area contributed by atoms with Crippen LogP contribution in [0.3, 0.4) is 0 Å². The third kappa shape index (κ3) is 0.661. The Hall–Kier alpha value is -0.870. The van der Waals surface area contributed by atoms with E-state index in [2.05, 4.69) is 4.98 Å². The van der Waals surface area contributed by atoms with E-state index in [-0.39, 0.29) is 0 Å². The van der Waals surface area contributed by atoms with E-state index < -0.39 is 0 Å². The van der Waals surface area contributed by atoms with Crippen molar-refractivity contribution in [1.29, 1.82) is 0 Å². The molecule has 0 bridgehead atoms. The van der Waals surface area contributed by atoms with Gasteiger partial charge in [-0.3, -0.25) is 0 Å². The molecule has 1 aromatic rings. The van der Waals surface area contributed by atoms with Crippen molar-refractivity contribution < 1.29 is 5.21 Å². The van der Waals surface area contributed by atoms with E-state index in [1.165, 1.54) is 5.06 Å². The zero-order chi connectivity index (χ0) is 7.14. The van der Waals surface area contributed by atoms with Gasteiger partial charge in [0.25, 0.3) is 0 Å². The average molecular weight is 139 g/mol. The zero-order valence-corrected chi connectivity index (χ0v) is 5.78. The van der Waals surface area contributed by atoms with Gasteiger partial charge in [0, 0.05) is 7.05 Å². The van der Waals surface area contributed by atoms with Crippen molar-refractivity contribution in [2.75, 3.05) is 0 Å². The van der Waals surface area contributed by atoms with Gasteiger partial charge in [-0.1, -0.05) is 0 Å². The standard InChI is InChI=1S/C6H9N3O/c1-8-4-7-5-2-9(10)3-6(5)8/h4,10H,2-3H2,1H3. The summed E-state index contributed by atoms with van der Waals surface area (Å²) in [7, 11) is 1.94. The molecule has 1 aliphatic heterocycles. The minimum Gasteiger partial charge on any atom is -0.336 e. The third-order valence-electron chi connectivity index (χ3n) is 1.81. The van der Waals surface area contributed by atoms with Crippen LogP contribution in [0.5, 0.6) is 0 Å². The Kier molecular flexibility index (Phi) is 1.06. The highest BCUT2D eigenvalue weighted by Crippen LogP contribution is 2.17. The number of fused-ring (bicyclic) bond motifs is 1. The molecule has 1 aliphatic rings. The second-order valence-corrected chi connectivity index (χ2v) is 2.57. The van der Waals surface area contributed by atoms with Gasteiger partial charge in [-0.2, -0.15) is 5.06 Å². The molecule has 1 N–H and O–H groups in total. The lowest BCUT2D eigenvalue weighted by atomic mass is 10.4. The molecule has 10 heavy (non-hydrogen) atoms. The maximum absolute atomic E-state index is 9.04. The van der Waals surface area contributed by atoms with Crippen molar-refractivity contribution >= 4 is 0 Å². The average Bonchev–Trinajstić information content (AvgIpc) is 2.35. The zero-order valence-electron chi connectivity index (χ0n) is 5.78. The quantitative estimate of drug-likeness (QED) is 0.555. The molecule has 0 saturated carbocycles. The van der Waals surface area contributed by atoms with E-state index in [1.54, 1.807) is 6.33 Å². The number of aromatic nitrogens is 2. The van der Waals surface area contributed by atoms with Crippen molar-refractivity contribution in [3.8, 4) is 0 Å². The predicted octanol–water partition coefficient (Wildman–Crippen LogP) is 0.125. The fourth-order valence-electron chi connectivity index (χ4n) is 1.24. The molecule has 0 aliphatic carbocycles. The molecule has 0 unspecified atom stereocenters. The highest BCUT2D eigenvalue weighted by atomic mass is 16.5. The van der Waals surface area contributed by atoms with Gasteiger partial charge in [0.05, 0.1) is 30.8 Å². The van der Waals surface area contributed by atoms with Crippen LogP contribution in [0.4, 0.5) is 0 Å². The summed E-state index contributed by atoms with van der Waals surface area (Å²) in [5.41, 5.74) is 2.10. The number of rotatable bonds is 0. The van der Waals surface area contributed by atoms with Gasteiger partial charge < -0.3 is 9.77 Å². The predicted molar refractivity (Wildman–Crippen MR) is 34.2 cm³/mol. The first-order chi connectivity index (χ1) is 4.77. The van der Waals surface area contributed by atoms with E-state index in [9.17, 15) is 0 Å². The Balaban J connectivity index is 2.44. The van der Waals surface area contributed by atoms with E-state index in [1.807, 2.05) is 11.6 Å². The Labute approximate surface area is 58.7 Å². The van der Waals surface area contributed by atoms with E-state index in [4.69, 9.17) is 5.21 Å². The summed E-state index contributed by atoms with van der Waals surface area (Å²) in [5, 5.41) is 10.3. The molecule has 0 fully saturated rings. The monoisotopic (exact) mass is 139 g/mol. The first kappa shape index (κ1) is 5.88. The molecule has 54 valence electrons. The highest BCUT2D eigenvalue weighted by molar-refractivity contribution is 5.16. The molecule has 0 atom stereocenters. The summed E-state index contributed by atoms with van der Waals surface area (Å²) in [4.78, 5) is 4.11. The van der Waals surface area contributed by atoms with E-state index in [0.717, 1.165) is 11.4 Å². The smallest absolute Gasteiger partial charge is 0.0950 e. The first-order valence-electron chi connectivity index (χ1n) is 3.20. The van der Waals surface area contributed by atoms with Crippen LogP contribution in [0, 0.1) is 0 Å². The van der Waals surface area contributed by atoms with Gasteiger partial charge in [-0.15, -0.1) is 0 Å². The Morgan fingerprint density at radius 2 is 2.40 bits per heavy atom. The molecule has 2 rings (SSSR count). The molecule has 0 spiro atoms. The molecule has 4 nitrogen and oxygen atoms in total. The topological polar surface area (TPSA) is 41.3 Å². The van der Waals surface area contributed by atoms with Crippen LogP contribution in [0.25, 0.3) is 0 Å². The first-order valence-corrected chi connectivity index (χ1v) is 3.20. The van der Waals surface area contributed by atoms with E-state index >= 15 is 0 Å². The van der Waals surface area contributed by atoms with Crippen LogP contribution in [-0.4, -0.2) is 19.8 Å². The summed E-state index contributed by atoms with van der Waals surface area (Å²) < 4.78 is 1.94. The lowest BCUT2D eigenvalue weighted by Gasteiger charge is -2.02. The Bertz CT molecular complexity index is 255. The minimum absolute atomic E-state index is 0.566. The molecule has 0 aromatic carbocycles. The minimum atomic E-state index is 0.566. The molecule has 2 heterocycles. The van der Waals surface area contributed by atoms with Crippen molar-refractivity contribution in [2.45, 2.75) is 13.1 Å². The van der Waals surface area contributed by atoms with Gasteiger partial charge in [0.2, 0.25) is 0 Å². The number of hydrogen-bond donors (Lipinski definition) is 1. The highest BCUT2D eigenvalue weighted by Gasteiger charge is 2.20. The van der Waals surface area contributed by atoms with Gasteiger partial charge in [-0.05, 0) is 0 Å². The number of imidazole rings is 1. The molecule has 4 heteroatoms. The van der Waals surface area contributed by atoms with Crippen molar-refractivity contribution in [2.24, 2.45) is 7.05 Å². The molecule has 0 amide bonds. The fraction of sp³-hybridized carbons (Fsp3) is 0.500. The third-order valence-corrected chi connectivity index (χ3v) is 1.81. The maximum Gasteiger partial charge on any atom is 0.0950 e. The number of aryl methyl sites for hydroxylation is 1. The van der Waals surface area contributed by atoms with E-state index in [0.29, 0.717) is 13.1 Å².